The van der Waals surface area contributed by atoms with Gasteiger partial charge in [0.1, 0.15) is 11.6 Å². The minimum absolute atomic E-state index is 0.0148. The van der Waals surface area contributed by atoms with Gasteiger partial charge in [-0.05, 0) is 18.9 Å². The average molecular weight is 385 g/mol. The van der Waals surface area contributed by atoms with Crippen molar-refractivity contribution >= 4 is 5.91 Å². The Hall–Kier alpha value is -2.83. The van der Waals surface area contributed by atoms with Gasteiger partial charge in [0.25, 0.3) is 0 Å². The Labute approximate surface area is 165 Å². The van der Waals surface area contributed by atoms with Gasteiger partial charge in [-0.3, -0.25) is 4.79 Å². The molecule has 1 heterocycles. The number of nitrogens with zero attached hydrogens (tertiary/aromatic N) is 2. The lowest BCUT2D eigenvalue weighted by molar-refractivity contribution is -0.126. The van der Waals surface area contributed by atoms with Gasteiger partial charge in [0, 0.05) is 23.9 Å². The third-order valence-electron chi connectivity index (χ3n) is 5.19. The molecule has 0 saturated heterocycles. The van der Waals surface area contributed by atoms with Gasteiger partial charge in [0.05, 0.1) is 27.4 Å². The van der Waals surface area contributed by atoms with Crippen molar-refractivity contribution in [3.05, 3.63) is 41.7 Å². The van der Waals surface area contributed by atoms with E-state index in [1.807, 2.05) is 24.3 Å². The highest BCUT2D eigenvalue weighted by Gasteiger charge is 2.34. The molecule has 1 amide bonds. The molecule has 0 bridgehead atoms. The lowest BCUT2D eigenvalue weighted by Crippen LogP contribution is -2.36. The fraction of sp³-hybridized carbons (Fsp3) is 0.476. The fourth-order valence-electron chi connectivity index (χ4n) is 3.71. The quantitative estimate of drug-likeness (QED) is 0.789. The molecule has 2 aromatic rings. The Balaban J connectivity index is 1.76. The van der Waals surface area contributed by atoms with E-state index >= 15 is 0 Å². The first-order chi connectivity index (χ1) is 13.7. The predicted molar refractivity (Wildman–Crippen MR) is 105 cm³/mol. The molecule has 150 valence electrons. The topological polar surface area (TPSA) is 82.6 Å². The summed E-state index contributed by atoms with van der Waals surface area (Å²) in [7, 11) is 4.75. The van der Waals surface area contributed by atoms with Crippen molar-refractivity contribution in [1.29, 1.82) is 0 Å². The van der Waals surface area contributed by atoms with Crippen LogP contribution in [0, 0.1) is 5.92 Å². The van der Waals surface area contributed by atoms with Crippen molar-refractivity contribution in [2.45, 2.75) is 38.1 Å². The van der Waals surface area contributed by atoms with Crippen LogP contribution >= 0.6 is 0 Å². The number of methoxy groups -OCH3 is 3. The molecule has 0 radical (unpaired) electrons. The summed E-state index contributed by atoms with van der Waals surface area (Å²) in [6.07, 6.45) is 3.74. The van der Waals surface area contributed by atoms with E-state index in [9.17, 15) is 4.79 Å². The first kappa shape index (κ1) is 19.9. The number of carbonyl (C=O) groups is 1. The van der Waals surface area contributed by atoms with Gasteiger partial charge < -0.3 is 19.5 Å². The van der Waals surface area contributed by atoms with Gasteiger partial charge >= 0.3 is 0 Å². The number of para-hydroxylation sites is 1. The number of rotatable bonds is 7. The van der Waals surface area contributed by atoms with Gasteiger partial charge in [0.2, 0.25) is 17.7 Å². The average Bonchev–Trinajstić information content (AvgIpc) is 2.77. The zero-order valence-electron chi connectivity index (χ0n) is 16.6. The second-order valence-electron chi connectivity index (χ2n) is 6.84. The summed E-state index contributed by atoms with van der Waals surface area (Å²) in [5.74, 6) is 2.04. The third kappa shape index (κ3) is 4.52. The normalized spacial score (nSPS) is 19.0. The highest BCUT2D eigenvalue weighted by Crippen LogP contribution is 2.37. The van der Waals surface area contributed by atoms with E-state index in [0.717, 1.165) is 37.0 Å². The number of ether oxygens (including phenoxy) is 3. The van der Waals surface area contributed by atoms with Crippen LogP contribution < -0.4 is 19.5 Å². The van der Waals surface area contributed by atoms with Crippen LogP contribution in [0.15, 0.2) is 30.3 Å². The van der Waals surface area contributed by atoms with E-state index in [0.29, 0.717) is 24.1 Å². The highest BCUT2D eigenvalue weighted by atomic mass is 16.5. The number of aromatic nitrogens is 2. The lowest BCUT2D eigenvalue weighted by atomic mass is 9.78. The Morgan fingerprint density at radius 2 is 1.71 bits per heavy atom. The van der Waals surface area contributed by atoms with Crippen LogP contribution in [0.2, 0.25) is 0 Å². The Morgan fingerprint density at radius 1 is 1.04 bits per heavy atom. The van der Waals surface area contributed by atoms with Crippen molar-refractivity contribution < 1.29 is 19.0 Å². The molecule has 2 atom stereocenters. The third-order valence-corrected chi connectivity index (χ3v) is 5.19. The molecule has 1 aliphatic carbocycles. The van der Waals surface area contributed by atoms with Crippen molar-refractivity contribution in [1.82, 2.24) is 15.3 Å². The van der Waals surface area contributed by atoms with Crippen LogP contribution in [0.5, 0.6) is 17.5 Å². The minimum Gasteiger partial charge on any atom is -0.496 e. The zero-order chi connectivity index (χ0) is 19.9. The predicted octanol–water partition coefficient (Wildman–Crippen LogP) is 3.09. The van der Waals surface area contributed by atoms with Gasteiger partial charge in [-0.2, -0.15) is 9.97 Å². The molecular weight excluding hydrogens is 358 g/mol. The molecule has 1 N–H and O–H groups in total. The van der Waals surface area contributed by atoms with E-state index in [2.05, 4.69) is 15.3 Å². The molecule has 1 aromatic heterocycles. The first-order valence-corrected chi connectivity index (χ1v) is 9.52. The van der Waals surface area contributed by atoms with E-state index in [4.69, 9.17) is 14.2 Å². The maximum atomic E-state index is 13.0. The molecule has 7 heteroatoms. The monoisotopic (exact) mass is 385 g/mol. The van der Waals surface area contributed by atoms with Crippen molar-refractivity contribution in [3.63, 3.8) is 0 Å². The summed E-state index contributed by atoms with van der Waals surface area (Å²) in [5.41, 5.74) is 0.949. The summed E-state index contributed by atoms with van der Waals surface area (Å²) >= 11 is 0. The van der Waals surface area contributed by atoms with E-state index in [-0.39, 0.29) is 17.7 Å². The molecule has 1 aliphatic rings. The molecule has 7 nitrogen and oxygen atoms in total. The number of hydrogen-bond acceptors (Lipinski definition) is 6. The number of amides is 1. The largest absolute Gasteiger partial charge is 0.496 e. The molecule has 0 spiro atoms. The second-order valence-corrected chi connectivity index (χ2v) is 6.84. The second kappa shape index (κ2) is 9.39. The van der Waals surface area contributed by atoms with Crippen molar-refractivity contribution in [3.8, 4) is 17.5 Å². The van der Waals surface area contributed by atoms with Crippen LogP contribution in [0.3, 0.4) is 0 Å². The van der Waals surface area contributed by atoms with E-state index in [1.54, 1.807) is 27.4 Å². The molecule has 1 aromatic carbocycles. The van der Waals surface area contributed by atoms with Crippen LogP contribution in [0.1, 0.15) is 43.0 Å². The number of carbonyl (C=O) groups excluding carboxylic acids is 1. The molecule has 1 fully saturated rings. The van der Waals surface area contributed by atoms with Crippen molar-refractivity contribution in [2.24, 2.45) is 5.92 Å². The van der Waals surface area contributed by atoms with Crippen molar-refractivity contribution in [2.75, 3.05) is 21.3 Å². The number of nitrogens with one attached hydrogen (secondary N) is 1. The molecule has 2 unspecified atom stereocenters. The summed E-state index contributed by atoms with van der Waals surface area (Å²) in [6.45, 7) is 0.425. The maximum absolute atomic E-state index is 13.0. The van der Waals surface area contributed by atoms with Crippen LogP contribution in [0.4, 0.5) is 0 Å². The van der Waals surface area contributed by atoms with Gasteiger partial charge in [0.15, 0.2) is 0 Å². The summed E-state index contributed by atoms with van der Waals surface area (Å²) in [6, 6.07) is 9.33. The zero-order valence-corrected chi connectivity index (χ0v) is 16.6. The van der Waals surface area contributed by atoms with Gasteiger partial charge in [-0.1, -0.05) is 31.0 Å². The Kier molecular flexibility index (Phi) is 6.68. The smallest absolute Gasteiger partial charge is 0.224 e. The summed E-state index contributed by atoms with van der Waals surface area (Å²) in [4.78, 5) is 22.0. The number of benzene rings is 1. The molecular formula is C21H27N3O4. The molecule has 1 saturated carbocycles. The first-order valence-electron chi connectivity index (χ1n) is 9.52. The van der Waals surface area contributed by atoms with Crippen LogP contribution in [-0.4, -0.2) is 37.2 Å². The molecule has 0 aliphatic heterocycles. The van der Waals surface area contributed by atoms with Gasteiger partial charge in [-0.25, -0.2) is 0 Å². The standard InChI is InChI=1S/C21H27N3O4/c1-26-17-11-7-4-8-14(17)13-22-21(25)16-10-6-5-9-15(16)20-23-18(27-2)12-19(24-20)28-3/h4,7-8,11-12,15-16H,5-6,9-10,13H2,1-3H3,(H,22,25). The van der Waals surface area contributed by atoms with E-state index in [1.165, 1.54) is 0 Å². The summed E-state index contributed by atoms with van der Waals surface area (Å²) < 4.78 is 15.9. The highest BCUT2D eigenvalue weighted by molar-refractivity contribution is 5.79. The lowest BCUT2D eigenvalue weighted by Gasteiger charge is -2.29. The fourth-order valence-corrected chi connectivity index (χ4v) is 3.71. The van der Waals surface area contributed by atoms with E-state index < -0.39 is 0 Å². The maximum Gasteiger partial charge on any atom is 0.224 e. The minimum atomic E-state index is -0.180. The Morgan fingerprint density at radius 3 is 2.39 bits per heavy atom. The molecule has 28 heavy (non-hydrogen) atoms. The number of hydrogen-bond donors (Lipinski definition) is 1. The van der Waals surface area contributed by atoms with Crippen LogP contribution in [0.25, 0.3) is 0 Å². The SMILES string of the molecule is COc1cc(OC)nc(C2CCCCC2C(=O)NCc2ccccc2OC)n1. The molecule has 3 rings (SSSR count). The Bertz CT molecular complexity index is 790. The van der Waals surface area contributed by atoms with Gasteiger partial charge in [-0.15, -0.1) is 0 Å². The summed E-state index contributed by atoms with van der Waals surface area (Å²) in [5, 5.41) is 3.06. The van der Waals surface area contributed by atoms with Crippen LogP contribution in [-0.2, 0) is 11.3 Å².